The number of hydrazone groups is 1. The van der Waals surface area contributed by atoms with E-state index >= 15 is 0 Å². The number of benzene rings is 3. The third-order valence-corrected chi connectivity index (χ3v) is 5.77. The van der Waals surface area contributed by atoms with Gasteiger partial charge in [-0.1, -0.05) is 23.7 Å². The van der Waals surface area contributed by atoms with Gasteiger partial charge in [0.05, 0.1) is 19.2 Å². The van der Waals surface area contributed by atoms with E-state index < -0.39 is 5.92 Å². The topological polar surface area (TPSA) is 80.2 Å². The summed E-state index contributed by atoms with van der Waals surface area (Å²) in [5.41, 5.74) is 4.71. The number of hydrogen-bond donors (Lipinski definition) is 1. The van der Waals surface area contributed by atoms with Crippen molar-refractivity contribution in [1.82, 2.24) is 5.43 Å². The average molecular weight is 496 g/mol. The second kappa shape index (κ2) is 11.0. The normalized spacial score (nSPS) is 15.5. The van der Waals surface area contributed by atoms with Crippen LogP contribution in [0.5, 0.6) is 11.5 Å². The molecule has 7 nitrogen and oxygen atoms in total. The Morgan fingerprint density at radius 1 is 1.14 bits per heavy atom. The van der Waals surface area contributed by atoms with E-state index in [-0.39, 0.29) is 37.2 Å². The standard InChI is InChI=1S/C26H23ClFN3O4/c1-34-24-12-18(4-11-23(24)35-16-17-2-7-21(28)8-3-17)14-29-30-26(33)19-13-25(32)31(15-19)22-9-5-20(27)6-10-22/h2-12,14,19H,13,15-16H2,1H3,(H,30,33)/b29-14-/t19-/m1/s1. The zero-order valence-electron chi connectivity index (χ0n) is 18.9. The van der Waals surface area contributed by atoms with Gasteiger partial charge in [0.15, 0.2) is 11.5 Å². The molecule has 0 radical (unpaired) electrons. The van der Waals surface area contributed by atoms with Crippen molar-refractivity contribution in [2.45, 2.75) is 13.0 Å². The highest BCUT2D eigenvalue weighted by molar-refractivity contribution is 6.30. The third kappa shape index (κ3) is 6.16. The van der Waals surface area contributed by atoms with Gasteiger partial charge in [-0.25, -0.2) is 9.82 Å². The molecule has 0 aliphatic carbocycles. The summed E-state index contributed by atoms with van der Waals surface area (Å²) in [6.45, 7) is 0.531. The van der Waals surface area contributed by atoms with Gasteiger partial charge in [0.2, 0.25) is 11.8 Å². The minimum absolute atomic E-state index is 0.109. The Morgan fingerprint density at radius 3 is 2.60 bits per heavy atom. The number of nitrogens with zero attached hydrogens (tertiary/aromatic N) is 2. The van der Waals surface area contributed by atoms with Crippen molar-refractivity contribution >= 4 is 35.3 Å². The number of halogens is 2. The van der Waals surface area contributed by atoms with E-state index in [0.717, 1.165) is 5.56 Å². The van der Waals surface area contributed by atoms with Gasteiger partial charge in [-0.15, -0.1) is 0 Å². The molecule has 2 amide bonds. The van der Waals surface area contributed by atoms with Gasteiger partial charge in [-0.3, -0.25) is 9.59 Å². The van der Waals surface area contributed by atoms with Crippen LogP contribution in [0.4, 0.5) is 10.1 Å². The molecule has 0 unspecified atom stereocenters. The Kier molecular flexibility index (Phi) is 7.62. The fourth-order valence-corrected chi connectivity index (χ4v) is 3.77. The van der Waals surface area contributed by atoms with E-state index in [4.69, 9.17) is 21.1 Å². The van der Waals surface area contributed by atoms with Crippen LogP contribution in [0.1, 0.15) is 17.5 Å². The quantitative estimate of drug-likeness (QED) is 0.367. The van der Waals surface area contributed by atoms with Crippen LogP contribution in [-0.2, 0) is 16.2 Å². The van der Waals surface area contributed by atoms with Gasteiger partial charge in [-0.2, -0.15) is 5.10 Å². The number of anilines is 1. The van der Waals surface area contributed by atoms with Crippen LogP contribution in [0.2, 0.25) is 5.02 Å². The molecule has 9 heteroatoms. The van der Waals surface area contributed by atoms with Gasteiger partial charge in [0.1, 0.15) is 12.4 Å². The zero-order chi connectivity index (χ0) is 24.8. The summed E-state index contributed by atoms with van der Waals surface area (Å²) >= 11 is 5.91. The third-order valence-electron chi connectivity index (χ3n) is 5.52. The molecule has 1 aliphatic rings. The van der Waals surface area contributed by atoms with Crippen LogP contribution in [0.25, 0.3) is 0 Å². The summed E-state index contributed by atoms with van der Waals surface area (Å²) in [6, 6.07) is 18.2. The van der Waals surface area contributed by atoms with Crippen LogP contribution in [0.3, 0.4) is 0 Å². The van der Waals surface area contributed by atoms with Crippen molar-refractivity contribution in [3.8, 4) is 11.5 Å². The second-order valence-electron chi connectivity index (χ2n) is 7.94. The van der Waals surface area contributed by atoms with Crippen molar-refractivity contribution in [2.75, 3.05) is 18.6 Å². The maximum atomic E-state index is 13.0. The molecule has 1 heterocycles. The van der Waals surface area contributed by atoms with E-state index in [1.54, 1.807) is 59.5 Å². The lowest BCUT2D eigenvalue weighted by atomic mass is 10.1. The Hall–Kier alpha value is -3.91. The summed E-state index contributed by atoms with van der Waals surface area (Å²) in [5, 5.41) is 4.60. The zero-order valence-corrected chi connectivity index (χ0v) is 19.7. The molecule has 0 bridgehead atoms. The van der Waals surface area contributed by atoms with Crippen LogP contribution < -0.4 is 19.8 Å². The van der Waals surface area contributed by atoms with Crippen molar-refractivity contribution in [3.63, 3.8) is 0 Å². The van der Waals surface area contributed by atoms with Crippen molar-refractivity contribution < 1.29 is 23.5 Å². The van der Waals surface area contributed by atoms with Gasteiger partial charge >= 0.3 is 0 Å². The summed E-state index contributed by atoms with van der Waals surface area (Å²) in [6.07, 6.45) is 1.59. The average Bonchev–Trinajstić information content (AvgIpc) is 3.26. The van der Waals surface area contributed by atoms with E-state index in [1.165, 1.54) is 25.5 Å². The number of amides is 2. The molecule has 1 aliphatic heterocycles. The van der Waals surface area contributed by atoms with Crippen LogP contribution in [0.15, 0.2) is 71.8 Å². The van der Waals surface area contributed by atoms with Crippen LogP contribution >= 0.6 is 11.6 Å². The molecule has 1 saturated heterocycles. The summed E-state index contributed by atoms with van der Waals surface area (Å²) in [7, 11) is 1.52. The van der Waals surface area contributed by atoms with Gasteiger partial charge < -0.3 is 14.4 Å². The molecule has 0 saturated carbocycles. The Bertz CT molecular complexity index is 1230. The number of hydrogen-bond acceptors (Lipinski definition) is 5. The second-order valence-corrected chi connectivity index (χ2v) is 8.38. The van der Waals surface area contributed by atoms with Crippen LogP contribution in [0, 0.1) is 11.7 Å². The molecule has 0 spiro atoms. The number of nitrogens with one attached hydrogen (secondary N) is 1. The molecule has 4 rings (SSSR count). The fourth-order valence-electron chi connectivity index (χ4n) is 3.64. The molecule has 1 N–H and O–H groups in total. The summed E-state index contributed by atoms with van der Waals surface area (Å²) < 4.78 is 24.2. The van der Waals surface area contributed by atoms with E-state index in [2.05, 4.69) is 10.5 Å². The first-order valence-electron chi connectivity index (χ1n) is 10.9. The number of carbonyl (C=O) groups excluding carboxylic acids is 2. The van der Waals surface area contributed by atoms with Gasteiger partial charge in [-0.05, 0) is 65.7 Å². The van der Waals surface area contributed by atoms with Gasteiger partial charge in [0.25, 0.3) is 0 Å². The summed E-state index contributed by atoms with van der Waals surface area (Å²) in [5.74, 6) is -0.269. The van der Waals surface area contributed by atoms with Gasteiger partial charge in [0, 0.05) is 23.7 Å². The highest BCUT2D eigenvalue weighted by Crippen LogP contribution is 2.29. The monoisotopic (exact) mass is 495 g/mol. The molecule has 35 heavy (non-hydrogen) atoms. The fraction of sp³-hybridized carbons (Fsp3) is 0.192. The Morgan fingerprint density at radius 2 is 1.89 bits per heavy atom. The predicted molar refractivity (Wildman–Crippen MR) is 131 cm³/mol. The maximum absolute atomic E-state index is 13.0. The minimum atomic E-state index is -0.507. The lowest BCUT2D eigenvalue weighted by molar-refractivity contribution is -0.126. The molecular weight excluding hydrogens is 473 g/mol. The molecule has 180 valence electrons. The lowest BCUT2D eigenvalue weighted by Gasteiger charge is -2.16. The molecule has 1 fully saturated rings. The number of carbonyl (C=O) groups is 2. The van der Waals surface area contributed by atoms with E-state index in [1.807, 2.05) is 0 Å². The molecule has 1 atom stereocenters. The minimum Gasteiger partial charge on any atom is -0.493 e. The maximum Gasteiger partial charge on any atom is 0.245 e. The lowest BCUT2D eigenvalue weighted by Crippen LogP contribution is -2.30. The smallest absolute Gasteiger partial charge is 0.245 e. The van der Waals surface area contributed by atoms with Crippen molar-refractivity contribution in [1.29, 1.82) is 0 Å². The number of methoxy groups -OCH3 is 1. The number of rotatable bonds is 8. The van der Waals surface area contributed by atoms with Crippen molar-refractivity contribution in [3.05, 3.63) is 88.7 Å². The largest absolute Gasteiger partial charge is 0.493 e. The predicted octanol–water partition coefficient (Wildman–Crippen LogP) is 4.57. The SMILES string of the molecule is COc1cc(/C=N\NC(=O)[C@@H]2CC(=O)N(c3ccc(Cl)cc3)C2)ccc1OCc1ccc(F)cc1. The highest BCUT2D eigenvalue weighted by atomic mass is 35.5. The first-order chi connectivity index (χ1) is 16.9. The molecular formula is C26H23ClFN3O4. The van der Waals surface area contributed by atoms with E-state index in [9.17, 15) is 14.0 Å². The Balaban J connectivity index is 1.33. The van der Waals surface area contributed by atoms with E-state index in [0.29, 0.717) is 27.8 Å². The first kappa shape index (κ1) is 24.2. The number of ether oxygens (including phenoxy) is 2. The molecule has 3 aromatic carbocycles. The first-order valence-corrected chi connectivity index (χ1v) is 11.2. The van der Waals surface area contributed by atoms with Crippen LogP contribution in [-0.4, -0.2) is 31.7 Å². The highest BCUT2D eigenvalue weighted by Gasteiger charge is 2.35. The van der Waals surface area contributed by atoms with Crippen molar-refractivity contribution in [2.24, 2.45) is 11.0 Å². The molecule has 3 aromatic rings. The molecule has 0 aromatic heterocycles. The Labute approximate surface area is 207 Å². The summed E-state index contributed by atoms with van der Waals surface area (Å²) in [4.78, 5) is 26.5.